The van der Waals surface area contributed by atoms with E-state index in [1.54, 1.807) is 11.3 Å². The Balaban J connectivity index is 1.38. The van der Waals surface area contributed by atoms with Crippen LogP contribution in [0.1, 0.15) is 48.3 Å². The minimum Gasteiger partial charge on any atom is -0.434 e. The van der Waals surface area contributed by atoms with Crippen molar-refractivity contribution in [1.82, 2.24) is 9.97 Å². The molecule has 0 aliphatic carbocycles. The van der Waals surface area contributed by atoms with Crippen molar-refractivity contribution in [2.24, 2.45) is 5.11 Å². The van der Waals surface area contributed by atoms with E-state index in [9.17, 15) is 9.59 Å². The molecule has 1 aliphatic heterocycles. The third-order valence-corrected chi connectivity index (χ3v) is 8.62. The Morgan fingerprint density at radius 1 is 1.15 bits per heavy atom. The number of carbonyl (C=O) groups is 2. The molecule has 2 aromatic carbocycles. The Morgan fingerprint density at radius 3 is 2.85 bits per heavy atom. The molecule has 4 aromatic rings. The highest BCUT2D eigenvalue weighted by Crippen LogP contribution is 2.33. The molecule has 12 heteroatoms. The number of thiazole rings is 2. The van der Waals surface area contributed by atoms with E-state index >= 15 is 0 Å². The summed E-state index contributed by atoms with van der Waals surface area (Å²) in [7, 11) is 1.45. The summed E-state index contributed by atoms with van der Waals surface area (Å²) in [6, 6.07) is 13.8. The third kappa shape index (κ3) is 6.10. The van der Waals surface area contributed by atoms with Gasteiger partial charge in [0.25, 0.3) is 0 Å². The van der Waals surface area contributed by atoms with E-state index in [1.807, 2.05) is 36.4 Å². The number of aromatic nitrogens is 2. The molecule has 0 bridgehead atoms. The van der Waals surface area contributed by atoms with E-state index in [-0.39, 0.29) is 24.7 Å². The number of Topliss-reactive ketones (excluding diaryl/α,β-unsaturated/α-hetero) is 1. The van der Waals surface area contributed by atoms with Crippen LogP contribution in [0.3, 0.4) is 0 Å². The molecule has 3 heterocycles. The van der Waals surface area contributed by atoms with Gasteiger partial charge in [0.15, 0.2) is 23.4 Å². The van der Waals surface area contributed by atoms with Crippen molar-refractivity contribution >= 4 is 49.8 Å². The van der Waals surface area contributed by atoms with E-state index in [1.165, 1.54) is 18.4 Å². The van der Waals surface area contributed by atoms with Crippen LogP contribution in [0.4, 0.5) is 5.13 Å². The summed E-state index contributed by atoms with van der Waals surface area (Å²) in [5.41, 5.74) is 12.5. The number of para-hydroxylation sites is 1. The lowest BCUT2D eigenvalue weighted by Gasteiger charge is -2.29. The normalized spacial score (nSPS) is 12.7. The molecule has 2 aromatic heterocycles. The molecule has 0 unspecified atom stereocenters. The fourth-order valence-electron chi connectivity index (χ4n) is 4.57. The summed E-state index contributed by atoms with van der Waals surface area (Å²) < 4.78 is 11.1. The summed E-state index contributed by atoms with van der Waals surface area (Å²) >= 11 is 2.97. The molecule has 0 spiro atoms. The number of esters is 1. The van der Waals surface area contributed by atoms with Gasteiger partial charge >= 0.3 is 5.97 Å². The number of carbonyl (C=O) groups excluding carboxylic acids is 2. The molecule has 10 nitrogen and oxygen atoms in total. The largest absolute Gasteiger partial charge is 0.434 e. The predicted octanol–water partition coefficient (Wildman–Crippen LogP) is 5.74. The molecule has 0 atom stereocenters. The monoisotopic (exact) mass is 562 g/mol. The van der Waals surface area contributed by atoms with Crippen LogP contribution in [0.15, 0.2) is 47.6 Å². The number of nitrogens with zero attached hydrogens (tertiary/aromatic N) is 6. The van der Waals surface area contributed by atoms with Crippen LogP contribution in [-0.4, -0.2) is 48.7 Å². The van der Waals surface area contributed by atoms with Gasteiger partial charge in [0, 0.05) is 42.1 Å². The molecule has 0 fully saturated rings. The van der Waals surface area contributed by atoms with Crippen molar-refractivity contribution in [2.45, 2.75) is 32.2 Å². The summed E-state index contributed by atoms with van der Waals surface area (Å²) in [6.07, 6.45) is 2.12. The molecule has 0 radical (unpaired) electrons. The maximum Gasteiger partial charge on any atom is 0.360 e. The first kappa shape index (κ1) is 26.8. The molecule has 0 saturated carbocycles. The Hall–Kier alpha value is -3.83. The van der Waals surface area contributed by atoms with Crippen molar-refractivity contribution in [3.8, 4) is 0 Å². The van der Waals surface area contributed by atoms with E-state index in [0.717, 1.165) is 37.6 Å². The van der Waals surface area contributed by atoms with Crippen molar-refractivity contribution in [1.29, 1.82) is 0 Å². The number of ketones is 1. The average molecular weight is 563 g/mol. The molecule has 0 saturated heterocycles. The van der Waals surface area contributed by atoms with Gasteiger partial charge in [-0.15, -0.1) is 22.7 Å². The number of methoxy groups -OCH3 is 1. The summed E-state index contributed by atoms with van der Waals surface area (Å²) in [5.74, 6) is -0.517. The number of aryl methyl sites for hydroxylation is 1. The SMILES string of the molecule is COCOC(=O)c1nc(N2CCc3cccc(C(=O)Cc4nc5ccccc5s4)c3C2)sc1CCCN=[N+]=[N-]. The van der Waals surface area contributed by atoms with Gasteiger partial charge in [-0.1, -0.05) is 35.4 Å². The number of hydrogen-bond acceptors (Lipinski definition) is 10. The fourth-order valence-corrected chi connectivity index (χ4v) is 6.65. The highest BCUT2D eigenvalue weighted by atomic mass is 32.1. The molecular weight excluding hydrogens is 536 g/mol. The first-order chi connectivity index (χ1) is 19.1. The van der Waals surface area contributed by atoms with Gasteiger partial charge in [-0.3, -0.25) is 4.79 Å². The molecule has 200 valence electrons. The van der Waals surface area contributed by atoms with E-state index in [4.69, 9.17) is 15.0 Å². The van der Waals surface area contributed by atoms with E-state index < -0.39 is 5.97 Å². The van der Waals surface area contributed by atoms with Crippen molar-refractivity contribution in [3.05, 3.63) is 85.2 Å². The number of hydrogen-bond donors (Lipinski definition) is 0. The lowest BCUT2D eigenvalue weighted by Crippen LogP contribution is -2.31. The van der Waals surface area contributed by atoms with E-state index in [0.29, 0.717) is 43.2 Å². The summed E-state index contributed by atoms with van der Waals surface area (Å²) in [4.78, 5) is 41.1. The average Bonchev–Trinajstić information content (AvgIpc) is 3.57. The number of rotatable bonds is 11. The number of fused-ring (bicyclic) bond motifs is 2. The predicted molar refractivity (Wildman–Crippen MR) is 151 cm³/mol. The van der Waals surface area contributed by atoms with Gasteiger partial charge in [0.2, 0.25) is 0 Å². The Kier molecular flexibility index (Phi) is 8.48. The van der Waals surface area contributed by atoms with Gasteiger partial charge < -0.3 is 14.4 Å². The van der Waals surface area contributed by atoms with Gasteiger partial charge in [-0.25, -0.2) is 14.8 Å². The number of azide groups is 1. The van der Waals surface area contributed by atoms with E-state index in [2.05, 4.69) is 31.0 Å². The number of anilines is 1. The van der Waals surface area contributed by atoms with Crippen LogP contribution < -0.4 is 4.90 Å². The fraction of sp³-hybridized carbons (Fsp3) is 0.333. The standard InChI is InChI=1S/C27H26N6O4S2/c1-36-16-37-26(35)25-23(10-5-12-29-32-28)39-27(31-25)33-13-11-17-6-4-7-18(19(17)15-33)21(34)14-24-30-20-8-2-3-9-22(20)38-24/h2-4,6-9H,5,10-16H2,1H3. The Labute approximate surface area is 232 Å². The lowest BCUT2D eigenvalue weighted by molar-refractivity contribution is -0.0130. The highest BCUT2D eigenvalue weighted by Gasteiger charge is 2.27. The van der Waals surface area contributed by atoms with Gasteiger partial charge in [0.05, 0.1) is 16.6 Å². The second kappa shape index (κ2) is 12.4. The van der Waals surface area contributed by atoms with Crippen LogP contribution in [0.5, 0.6) is 0 Å². The van der Waals surface area contributed by atoms with Gasteiger partial charge in [0.1, 0.15) is 5.01 Å². The summed E-state index contributed by atoms with van der Waals surface area (Å²) in [5, 5.41) is 5.08. The number of benzene rings is 2. The smallest absolute Gasteiger partial charge is 0.360 e. The van der Waals surface area contributed by atoms with Crippen molar-refractivity contribution in [3.63, 3.8) is 0 Å². The zero-order valence-electron chi connectivity index (χ0n) is 21.3. The molecule has 5 rings (SSSR count). The van der Waals surface area contributed by atoms with Crippen LogP contribution in [-0.2, 0) is 35.3 Å². The first-order valence-electron chi connectivity index (χ1n) is 12.5. The topological polar surface area (TPSA) is 130 Å². The number of ether oxygens (including phenoxy) is 2. The van der Waals surface area contributed by atoms with Gasteiger partial charge in [-0.2, -0.15) is 0 Å². The third-order valence-electron chi connectivity index (χ3n) is 6.41. The van der Waals surface area contributed by atoms with Crippen molar-refractivity contribution < 1.29 is 19.1 Å². The zero-order valence-corrected chi connectivity index (χ0v) is 23.0. The minimum atomic E-state index is -0.553. The molecule has 0 N–H and O–H groups in total. The van der Waals surface area contributed by atoms with Crippen LogP contribution >= 0.6 is 22.7 Å². The second-order valence-electron chi connectivity index (χ2n) is 8.95. The Morgan fingerprint density at radius 2 is 2.03 bits per heavy atom. The maximum absolute atomic E-state index is 13.5. The molecule has 1 aliphatic rings. The first-order valence-corrected chi connectivity index (χ1v) is 14.1. The summed E-state index contributed by atoms with van der Waals surface area (Å²) in [6.45, 7) is 1.38. The Bertz CT molecular complexity index is 1530. The zero-order chi connectivity index (χ0) is 27.2. The quantitative estimate of drug-likeness (QED) is 0.0433. The van der Waals surface area contributed by atoms with Crippen molar-refractivity contribution in [2.75, 3.05) is 31.9 Å². The molecular formula is C27H26N6O4S2. The van der Waals surface area contributed by atoms with Crippen LogP contribution in [0.25, 0.3) is 20.7 Å². The maximum atomic E-state index is 13.5. The van der Waals surface area contributed by atoms with Gasteiger partial charge in [-0.05, 0) is 48.1 Å². The van der Waals surface area contributed by atoms with Crippen LogP contribution in [0.2, 0.25) is 0 Å². The molecule has 39 heavy (non-hydrogen) atoms. The lowest BCUT2D eigenvalue weighted by atomic mass is 9.92. The second-order valence-corrected chi connectivity index (χ2v) is 11.1. The van der Waals surface area contributed by atoms with Crippen LogP contribution in [0, 0.1) is 0 Å². The molecule has 0 amide bonds. The highest BCUT2D eigenvalue weighted by molar-refractivity contribution is 7.18. The minimum absolute atomic E-state index is 0.0365.